The second-order valence-corrected chi connectivity index (χ2v) is 6.04. The molecule has 1 N–H and O–H groups in total. The maximum Gasteiger partial charge on any atom is 0.326 e. The summed E-state index contributed by atoms with van der Waals surface area (Å²) < 4.78 is 1.26. The van der Waals surface area contributed by atoms with Crippen LogP contribution in [-0.2, 0) is 11.2 Å². The van der Waals surface area contributed by atoms with Gasteiger partial charge in [0.05, 0.1) is 0 Å². The molecule has 2 aromatic heterocycles. The van der Waals surface area contributed by atoms with E-state index in [0.717, 1.165) is 25.0 Å². The van der Waals surface area contributed by atoms with Gasteiger partial charge in [0, 0.05) is 18.3 Å². The Morgan fingerprint density at radius 3 is 3.10 bits per heavy atom. The first-order valence-corrected chi connectivity index (χ1v) is 7.81. The Morgan fingerprint density at radius 2 is 2.38 bits per heavy atom. The predicted molar refractivity (Wildman–Crippen MR) is 79.1 cm³/mol. The van der Waals surface area contributed by atoms with Crippen molar-refractivity contribution >= 4 is 27.4 Å². The monoisotopic (exact) mass is 308 g/mol. The summed E-state index contributed by atoms with van der Waals surface area (Å²) in [4.78, 5) is 30.0. The van der Waals surface area contributed by atoms with Crippen LogP contribution in [0.2, 0.25) is 0 Å². The third-order valence-electron chi connectivity index (χ3n) is 3.58. The molecular formula is C13H16N4O3S. The van der Waals surface area contributed by atoms with Gasteiger partial charge >= 0.3 is 5.97 Å². The number of carbonyl (C=O) groups is 1. The van der Waals surface area contributed by atoms with E-state index < -0.39 is 12.0 Å². The minimum absolute atomic E-state index is 0.211. The maximum atomic E-state index is 12.1. The van der Waals surface area contributed by atoms with Crippen LogP contribution in [0.1, 0.15) is 31.9 Å². The summed E-state index contributed by atoms with van der Waals surface area (Å²) in [6.45, 7) is 2.68. The van der Waals surface area contributed by atoms with Gasteiger partial charge in [-0.2, -0.15) is 4.52 Å². The summed E-state index contributed by atoms with van der Waals surface area (Å²) >= 11 is 1.27. The Hall–Kier alpha value is -1.96. The van der Waals surface area contributed by atoms with E-state index in [1.54, 1.807) is 4.90 Å². The third kappa shape index (κ3) is 2.51. The van der Waals surface area contributed by atoms with Crippen molar-refractivity contribution in [3.05, 3.63) is 22.1 Å². The molecule has 0 aromatic carbocycles. The van der Waals surface area contributed by atoms with Crippen molar-refractivity contribution in [1.29, 1.82) is 0 Å². The van der Waals surface area contributed by atoms with Gasteiger partial charge in [0.25, 0.3) is 5.56 Å². The Labute approximate surface area is 124 Å². The molecule has 21 heavy (non-hydrogen) atoms. The number of hydrogen-bond acceptors (Lipinski definition) is 6. The number of nitrogens with zero attached hydrogens (tertiary/aromatic N) is 4. The van der Waals surface area contributed by atoms with Crippen molar-refractivity contribution in [1.82, 2.24) is 14.6 Å². The fraction of sp³-hybridized carbons (Fsp3) is 0.538. The van der Waals surface area contributed by atoms with Gasteiger partial charge in [-0.1, -0.05) is 24.7 Å². The highest BCUT2D eigenvalue weighted by Gasteiger charge is 2.32. The lowest BCUT2D eigenvalue weighted by atomic mass is 10.2. The third-order valence-corrected chi connectivity index (χ3v) is 4.52. The van der Waals surface area contributed by atoms with Gasteiger partial charge in [0.2, 0.25) is 10.1 Å². The zero-order valence-electron chi connectivity index (χ0n) is 11.7. The van der Waals surface area contributed by atoms with Crippen LogP contribution in [0.5, 0.6) is 0 Å². The van der Waals surface area contributed by atoms with Crippen LogP contribution < -0.4 is 10.5 Å². The number of aliphatic carboxylic acids is 1. The van der Waals surface area contributed by atoms with E-state index in [0.29, 0.717) is 23.1 Å². The van der Waals surface area contributed by atoms with Crippen LogP contribution >= 0.6 is 11.3 Å². The molecule has 0 radical (unpaired) electrons. The number of rotatable bonds is 4. The van der Waals surface area contributed by atoms with E-state index in [9.17, 15) is 14.7 Å². The molecule has 0 amide bonds. The first-order valence-electron chi connectivity index (χ1n) is 6.99. The fourth-order valence-electron chi connectivity index (χ4n) is 2.60. The zero-order valence-corrected chi connectivity index (χ0v) is 12.5. The highest BCUT2D eigenvalue weighted by atomic mass is 32.1. The van der Waals surface area contributed by atoms with Crippen LogP contribution in [0.4, 0.5) is 5.13 Å². The average Bonchev–Trinajstić information content (AvgIpc) is 3.04. The standard InChI is InChI=1S/C13H16N4O3S/c1-2-4-8-7-10(18)17-12(14-8)21-13(15-17)16-6-3-5-9(16)11(19)20/h7,9H,2-6H2,1H3,(H,19,20). The molecule has 112 valence electrons. The quantitative estimate of drug-likeness (QED) is 0.912. The molecule has 1 saturated heterocycles. The molecule has 2 aromatic rings. The van der Waals surface area contributed by atoms with E-state index in [2.05, 4.69) is 10.1 Å². The molecule has 1 aliphatic heterocycles. The van der Waals surface area contributed by atoms with Crippen LogP contribution in [0.25, 0.3) is 4.96 Å². The highest BCUT2D eigenvalue weighted by Crippen LogP contribution is 2.29. The molecule has 8 heteroatoms. The van der Waals surface area contributed by atoms with Crippen molar-refractivity contribution in [3.63, 3.8) is 0 Å². The number of hydrogen-bond donors (Lipinski definition) is 1. The second-order valence-electron chi connectivity index (χ2n) is 5.10. The number of carboxylic acids is 1. The summed E-state index contributed by atoms with van der Waals surface area (Å²) in [5.74, 6) is -0.848. The lowest BCUT2D eigenvalue weighted by Gasteiger charge is -2.19. The highest BCUT2D eigenvalue weighted by molar-refractivity contribution is 7.20. The molecular weight excluding hydrogens is 292 g/mol. The second kappa shape index (κ2) is 5.44. The van der Waals surface area contributed by atoms with Crippen molar-refractivity contribution in [3.8, 4) is 0 Å². The molecule has 0 saturated carbocycles. The summed E-state index contributed by atoms with van der Waals surface area (Å²) in [6.07, 6.45) is 3.09. The predicted octanol–water partition coefficient (Wildman–Crippen LogP) is 1.16. The summed E-state index contributed by atoms with van der Waals surface area (Å²) in [5.41, 5.74) is 0.547. The summed E-state index contributed by atoms with van der Waals surface area (Å²) in [6, 6.07) is 0.940. The lowest BCUT2D eigenvalue weighted by Crippen LogP contribution is -2.36. The average molecular weight is 308 g/mol. The van der Waals surface area contributed by atoms with E-state index in [1.165, 1.54) is 21.9 Å². The molecule has 1 fully saturated rings. The molecule has 3 rings (SSSR count). The van der Waals surface area contributed by atoms with Crippen molar-refractivity contribution in [2.45, 2.75) is 38.6 Å². The molecule has 3 heterocycles. The number of fused-ring (bicyclic) bond motifs is 1. The molecule has 0 aliphatic carbocycles. The Balaban J connectivity index is 2.03. The van der Waals surface area contributed by atoms with Gasteiger partial charge in [0.15, 0.2) is 0 Å². The summed E-state index contributed by atoms with van der Waals surface area (Å²) in [7, 11) is 0. The Bertz CT molecular complexity index is 739. The first kappa shape index (κ1) is 14.0. The van der Waals surface area contributed by atoms with Crippen LogP contribution in [0.15, 0.2) is 10.9 Å². The molecule has 1 unspecified atom stereocenters. The van der Waals surface area contributed by atoms with Crippen molar-refractivity contribution < 1.29 is 9.90 Å². The van der Waals surface area contributed by atoms with Crippen molar-refractivity contribution in [2.75, 3.05) is 11.4 Å². The zero-order chi connectivity index (χ0) is 15.0. The van der Waals surface area contributed by atoms with Gasteiger partial charge in [-0.25, -0.2) is 9.78 Å². The molecule has 7 nitrogen and oxygen atoms in total. The van der Waals surface area contributed by atoms with Gasteiger partial charge < -0.3 is 10.0 Å². The topological polar surface area (TPSA) is 87.8 Å². The first-order chi connectivity index (χ1) is 10.1. The van der Waals surface area contributed by atoms with Gasteiger partial charge in [-0.15, -0.1) is 5.10 Å². The maximum absolute atomic E-state index is 12.1. The van der Waals surface area contributed by atoms with Crippen LogP contribution in [-0.4, -0.2) is 38.3 Å². The normalized spacial score (nSPS) is 18.5. The molecule has 0 bridgehead atoms. The van der Waals surface area contributed by atoms with E-state index in [-0.39, 0.29) is 5.56 Å². The van der Waals surface area contributed by atoms with Crippen molar-refractivity contribution in [2.24, 2.45) is 0 Å². The largest absolute Gasteiger partial charge is 0.480 e. The number of carboxylic acid groups (broad SMARTS) is 1. The minimum atomic E-state index is -0.848. The van der Waals surface area contributed by atoms with Gasteiger partial charge in [-0.3, -0.25) is 4.79 Å². The number of anilines is 1. The smallest absolute Gasteiger partial charge is 0.326 e. The van der Waals surface area contributed by atoms with E-state index >= 15 is 0 Å². The van der Waals surface area contributed by atoms with Gasteiger partial charge in [0.1, 0.15) is 6.04 Å². The fourth-order valence-corrected chi connectivity index (χ4v) is 3.60. The molecule has 1 aliphatic rings. The van der Waals surface area contributed by atoms with Gasteiger partial charge in [-0.05, 0) is 19.3 Å². The summed E-state index contributed by atoms with van der Waals surface area (Å²) in [5, 5.41) is 14.0. The van der Waals surface area contributed by atoms with Crippen LogP contribution in [0, 0.1) is 0 Å². The SMILES string of the molecule is CCCc1cc(=O)n2nc(N3CCCC3C(=O)O)sc2n1. The lowest BCUT2D eigenvalue weighted by molar-refractivity contribution is -0.138. The molecule has 1 atom stereocenters. The van der Waals surface area contributed by atoms with E-state index in [4.69, 9.17) is 0 Å². The number of aromatic nitrogens is 3. The Morgan fingerprint density at radius 1 is 1.57 bits per heavy atom. The Kier molecular flexibility index (Phi) is 3.62. The minimum Gasteiger partial charge on any atom is -0.480 e. The van der Waals surface area contributed by atoms with Crippen LogP contribution in [0.3, 0.4) is 0 Å². The van der Waals surface area contributed by atoms with E-state index in [1.807, 2.05) is 6.92 Å². The molecule has 0 spiro atoms. The number of aryl methyl sites for hydroxylation is 1.